The first-order valence-corrected chi connectivity index (χ1v) is 9.70. The van der Waals surface area contributed by atoms with E-state index >= 15 is 0 Å². The van der Waals surface area contributed by atoms with Gasteiger partial charge in [-0.15, -0.1) is 0 Å². The van der Waals surface area contributed by atoms with Crippen molar-refractivity contribution in [3.63, 3.8) is 0 Å². The Morgan fingerprint density at radius 1 is 0.783 bits per heavy atom. The molecule has 1 aromatic rings. The third-order valence-electron chi connectivity index (χ3n) is 6.19. The van der Waals surface area contributed by atoms with Gasteiger partial charge in [-0.1, -0.05) is 32.0 Å². The van der Waals surface area contributed by atoms with Crippen molar-refractivity contribution in [3.8, 4) is 0 Å². The van der Waals surface area contributed by atoms with E-state index in [9.17, 15) is 0 Å². The molecule has 4 N–H and O–H groups in total. The topological polar surface area (TPSA) is 52.0 Å². The van der Waals surface area contributed by atoms with Gasteiger partial charge in [0.05, 0.1) is 0 Å². The zero-order valence-corrected chi connectivity index (χ0v) is 14.9. The Bertz CT molecular complexity index is 507. The maximum atomic E-state index is 6.16. The molecule has 1 aromatic carbocycles. The molecule has 0 radical (unpaired) electrons. The van der Waals surface area contributed by atoms with Crippen molar-refractivity contribution in [1.29, 1.82) is 0 Å². The molecule has 0 spiro atoms. The number of benzene rings is 1. The molecule has 2 saturated carbocycles. The van der Waals surface area contributed by atoms with Gasteiger partial charge in [-0.3, -0.25) is 0 Å². The molecular formula is C21H34N2. The molecule has 0 saturated heterocycles. The Hall–Kier alpha value is -0.860. The Kier molecular flexibility index (Phi) is 5.43. The van der Waals surface area contributed by atoms with Crippen molar-refractivity contribution in [3.05, 3.63) is 34.9 Å². The van der Waals surface area contributed by atoms with Crippen molar-refractivity contribution in [1.82, 2.24) is 0 Å². The van der Waals surface area contributed by atoms with Crippen LogP contribution in [0.3, 0.4) is 0 Å². The summed E-state index contributed by atoms with van der Waals surface area (Å²) < 4.78 is 0. The van der Waals surface area contributed by atoms with Gasteiger partial charge < -0.3 is 11.5 Å². The van der Waals surface area contributed by atoms with Gasteiger partial charge in [-0.05, 0) is 85.8 Å². The summed E-state index contributed by atoms with van der Waals surface area (Å²) in [5.41, 5.74) is 17.2. The highest BCUT2D eigenvalue weighted by Crippen LogP contribution is 2.43. The van der Waals surface area contributed by atoms with Crippen molar-refractivity contribution < 1.29 is 0 Å². The first kappa shape index (κ1) is 17.0. The summed E-state index contributed by atoms with van der Waals surface area (Å²) in [5.74, 6) is 2.05. The fourth-order valence-electron chi connectivity index (χ4n) is 4.77. The van der Waals surface area contributed by atoms with Gasteiger partial charge >= 0.3 is 0 Å². The SMILES string of the molecule is CC(C)c1cccc(C2CCC(N)CC2)c1C1CCC(N)CC1. The van der Waals surface area contributed by atoms with Crippen LogP contribution in [0.25, 0.3) is 0 Å². The molecule has 2 aliphatic carbocycles. The Morgan fingerprint density at radius 3 is 1.83 bits per heavy atom. The minimum absolute atomic E-state index is 0.425. The minimum Gasteiger partial charge on any atom is -0.328 e. The largest absolute Gasteiger partial charge is 0.328 e. The van der Waals surface area contributed by atoms with Crippen LogP contribution in [0.5, 0.6) is 0 Å². The molecule has 2 heteroatoms. The molecule has 0 aliphatic heterocycles. The second kappa shape index (κ2) is 7.36. The number of rotatable bonds is 3. The predicted octanol–water partition coefficient (Wildman–Crippen LogP) is 4.78. The lowest BCUT2D eigenvalue weighted by Crippen LogP contribution is -2.28. The Balaban J connectivity index is 1.93. The maximum Gasteiger partial charge on any atom is 0.00392 e. The highest BCUT2D eigenvalue weighted by Gasteiger charge is 2.29. The highest BCUT2D eigenvalue weighted by atomic mass is 14.6. The van der Waals surface area contributed by atoms with E-state index < -0.39 is 0 Å². The molecule has 0 amide bonds. The molecule has 0 atom stereocenters. The Morgan fingerprint density at radius 2 is 1.30 bits per heavy atom. The third-order valence-corrected chi connectivity index (χ3v) is 6.19. The van der Waals surface area contributed by atoms with E-state index in [1.165, 1.54) is 51.4 Å². The molecule has 2 aliphatic rings. The van der Waals surface area contributed by atoms with Gasteiger partial charge in [0.1, 0.15) is 0 Å². The second-order valence-corrected chi connectivity index (χ2v) is 8.23. The summed E-state index contributed by atoms with van der Waals surface area (Å²) >= 11 is 0. The van der Waals surface area contributed by atoms with Crippen molar-refractivity contribution >= 4 is 0 Å². The molecule has 2 fully saturated rings. The van der Waals surface area contributed by atoms with Crippen molar-refractivity contribution in [2.75, 3.05) is 0 Å². The van der Waals surface area contributed by atoms with Gasteiger partial charge in [0.2, 0.25) is 0 Å². The second-order valence-electron chi connectivity index (χ2n) is 8.23. The predicted molar refractivity (Wildman–Crippen MR) is 98.9 cm³/mol. The Labute approximate surface area is 142 Å². The van der Waals surface area contributed by atoms with Crippen LogP contribution in [0.4, 0.5) is 0 Å². The van der Waals surface area contributed by atoms with E-state index in [1.54, 1.807) is 16.7 Å². The molecule has 0 heterocycles. The zero-order valence-electron chi connectivity index (χ0n) is 14.9. The summed E-state index contributed by atoms with van der Waals surface area (Å²) in [6, 6.07) is 7.92. The summed E-state index contributed by atoms with van der Waals surface area (Å²) in [6.45, 7) is 4.68. The monoisotopic (exact) mass is 314 g/mol. The van der Waals surface area contributed by atoms with Crippen LogP contribution in [-0.2, 0) is 0 Å². The van der Waals surface area contributed by atoms with E-state index in [4.69, 9.17) is 11.5 Å². The van der Waals surface area contributed by atoms with Crippen LogP contribution >= 0.6 is 0 Å². The van der Waals surface area contributed by atoms with E-state index in [2.05, 4.69) is 32.0 Å². The number of hydrogen-bond acceptors (Lipinski definition) is 2. The molecule has 23 heavy (non-hydrogen) atoms. The molecule has 3 rings (SSSR count). The standard InChI is InChI=1S/C21H34N2/c1-14(2)19-4-3-5-20(15-6-10-17(22)11-7-15)21(19)16-8-12-18(23)13-9-16/h3-5,14-18H,6-13,22-23H2,1-2H3. The van der Waals surface area contributed by atoms with Gasteiger partial charge in [0.15, 0.2) is 0 Å². The molecule has 0 unspecified atom stereocenters. The van der Waals surface area contributed by atoms with Gasteiger partial charge in [-0.2, -0.15) is 0 Å². The average Bonchev–Trinajstić information content (AvgIpc) is 2.55. The minimum atomic E-state index is 0.425. The lowest BCUT2D eigenvalue weighted by molar-refractivity contribution is 0.374. The normalized spacial score (nSPS) is 32.2. The van der Waals surface area contributed by atoms with E-state index in [0.29, 0.717) is 18.0 Å². The summed E-state index contributed by atoms with van der Waals surface area (Å²) in [4.78, 5) is 0. The zero-order chi connectivity index (χ0) is 16.4. The first-order valence-electron chi connectivity index (χ1n) is 9.70. The first-order chi connectivity index (χ1) is 11.1. The molecule has 2 nitrogen and oxygen atoms in total. The highest BCUT2D eigenvalue weighted by molar-refractivity contribution is 5.42. The van der Waals surface area contributed by atoms with E-state index in [0.717, 1.165) is 11.8 Å². The fraction of sp³-hybridized carbons (Fsp3) is 0.714. The lowest BCUT2D eigenvalue weighted by Gasteiger charge is -2.34. The van der Waals surface area contributed by atoms with E-state index in [1.807, 2.05) is 0 Å². The number of nitrogens with two attached hydrogens (primary N) is 2. The van der Waals surface area contributed by atoms with Crippen LogP contribution in [-0.4, -0.2) is 12.1 Å². The molecule has 0 bridgehead atoms. The van der Waals surface area contributed by atoms with Crippen LogP contribution in [0.1, 0.15) is 99.7 Å². The molecular weight excluding hydrogens is 280 g/mol. The van der Waals surface area contributed by atoms with Gasteiger partial charge in [-0.25, -0.2) is 0 Å². The number of hydrogen-bond donors (Lipinski definition) is 2. The van der Waals surface area contributed by atoms with E-state index in [-0.39, 0.29) is 0 Å². The molecule has 128 valence electrons. The van der Waals surface area contributed by atoms with Crippen LogP contribution in [0.15, 0.2) is 18.2 Å². The summed E-state index contributed by atoms with van der Waals surface area (Å²) in [7, 11) is 0. The molecule has 0 aromatic heterocycles. The van der Waals surface area contributed by atoms with Crippen molar-refractivity contribution in [2.45, 2.75) is 95.1 Å². The quantitative estimate of drug-likeness (QED) is 0.843. The van der Waals surface area contributed by atoms with Crippen LogP contribution in [0.2, 0.25) is 0 Å². The maximum absolute atomic E-state index is 6.16. The summed E-state index contributed by atoms with van der Waals surface area (Å²) in [5, 5.41) is 0. The fourth-order valence-corrected chi connectivity index (χ4v) is 4.77. The van der Waals surface area contributed by atoms with Crippen molar-refractivity contribution in [2.24, 2.45) is 11.5 Å². The lowest BCUT2D eigenvalue weighted by atomic mass is 9.72. The summed E-state index contributed by atoms with van der Waals surface area (Å²) in [6.07, 6.45) is 9.81. The van der Waals surface area contributed by atoms with Crippen LogP contribution < -0.4 is 11.5 Å². The van der Waals surface area contributed by atoms with Crippen LogP contribution in [0, 0.1) is 0 Å². The average molecular weight is 315 g/mol. The van der Waals surface area contributed by atoms with Gasteiger partial charge in [0.25, 0.3) is 0 Å². The van der Waals surface area contributed by atoms with Gasteiger partial charge in [0, 0.05) is 12.1 Å². The third kappa shape index (κ3) is 3.80. The smallest absolute Gasteiger partial charge is 0.00392 e.